The number of rotatable bonds is 0. The molecule has 0 bridgehead atoms. The lowest BCUT2D eigenvalue weighted by Crippen LogP contribution is -2.61. The smallest absolute Gasteiger partial charge is 0.286 e. The Balaban J connectivity index is 3.24. The van der Waals surface area contributed by atoms with Crippen LogP contribution in [0.15, 0.2) is 0 Å². The van der Waals surface area contributed by atoms with Gasteiger partial charge in [-0.3, -0.25) is 9.13 Å². The van der Waals surface area contributed by atoms with Gasteiger partial charge in [0.1, 0.15) is 0 Å². The van der Waals surface area contributed by atoms with E-state index in [1.165, 1.54) is 0 Å². The maximum absolute atomic E-state index is 4.04. The van der Waals surface area contributed by atoms with E-state index in [0.717, 1.165) is 0 Å². The zero-order valence-electron chi connectivity index (χ0n) is 12.3. The van der Waals surface area contributed by atoms with Crippen molar-refractivity contribution in [2.45, 2.75) is 78.6 Å². The predicted octanol–water partition coefficient (Wildman–Crippen LogP) is 4.20. The van der Waals surface area contributed by atoms with Crippen molar-refractivity contribution in [3.05, 3.63) is 0 Å². The van der Waals surface area contributed by atoms with Gasteiger partial charge in [0.2, 0.25) is 0 Å². The first kappa shape index (κ1) is 16.2. The standard InChI is InChI=1S/C12H26Br2N2Si/c1-9-10(2)16(12(6,7)8)17(13,14)15(9)11(3,4)5/h9-10H,1-8H3/t9-,10-/m1/s1. The van der Waals surface area contributed by atoms with Gasteiger partial charge >= 0.3 is 5.64 Å². The van der Waals surface area contributed by atoms with Gasteiger partial charge in [0, 0.05) is 23.2 Å². The van der Waals surface area contributed by atoms with E-state index in [2.05, 4.69) is 95.1 Å². The average molecular weight is 386 g/mol. The summed E-state index contributed by atoms with van der Waals surface area (Å²) in [5.74, 6) is 0. The van der Waals surface area contributed by atoms with Gasteiger partial charge in [-0.25, -0.2) is 0 Å². The molecule has 1 aliphatic rings. The summed E-state index contributed by atoms with van der Waals surface area (Å²) in [6, 6.07) is 1.11. The maximum atomic E-state index is 4.04. The van der Waals surface area contributed by atoms with Crippen molar-refractivity contribution in [3.8, 4) is 0 Å². The Morgan fingerprint density at radius 2 is 1.00 bits per heavy atom. The summed E-state index contributed by atoms with van der Waals surface area (Å²) in [6.07, 6.45) is 0. The molecule has 1 heterocycles. The molecule has 0 unspecified atom stereocenters. The molecule has 0 radical (unpaired) electrons. The SMILES string of the molecule is C[C@@H]1[C@@H](C)N(C(C)(C)C)[Si](Br)(Br)N1C(C)(C)C. The van der Waals surface area contributed by atoms with E-state index in [9.17, 15) is 0 Å². The second-order valence-electron chi connectivity index (χ2n) is 7.07. The van der Waals surface area contributed by atoms with E-state index in [1.54, 1.807) is 0 Å². The van der Waals surface area contributed by atoms with Gasteiger partial charge in [-0.2, -0.15) is 0 Å². The molecule has 1 fully saturated rings. The van der Waals surface area contributed by atoms with Crippen LogP contribution in [0.25, 0.3) is 0 Å². The van der Waals surface area contributed by atoms with Gasteiger partial charge < -0.3 is 0 Å². The van der Waals surface area contributed by atoms with Gasteiger partial charge in [0.25, 0.3) is 0 Å². The quantitative estimate of drug-likeness (QED) is 0.455. The Morgan fingerprint density at radius 3 is 1.12 bits per heavy atom. The van der Waals surface area contributed by atoms with Crippen molar-refractivity contribution in [2.75, 3.05) is 0 Å². The Bertz CT molecular complexity index is 266. The molecule has 0 aliphatic carbocycles. The van der Waals surface area contributed by atoms with Crippen LogP contribution in [-0.4, -0.2) is 37.9 Å². The molecular formula is C12H26Br2N2Si. The molecule has 0 aromatic heterocycles. The highest BCUT2D eigenvalue weighted by Crippen LogP contribution is 2.47. The highest BCUT2D eigenvalue weighted by molar-refractivity contribution is 9.50. The molecule has 5 heteroatoms. The fourth-order valence-electron chi connectivity index (χ4n) is 3.07. The van der Waals surface area contributed by atoms with Crippen molar-refractivity contribution in [1.82, 2.24) is 9.13 Å². The fourth-order valence-corrected chi connectivity index (χ4v) is 16.6. The lowest BCUT2D eigenvalue weighted by atomic mass is 10.0. The van der Waals surface area contributed by atoms with E-state index in [1.807, 2.05) is 0 Å². The summed E-state index contributed by atoms with van der Waals surface area (Å²) in [4.78, 5) is 0. The third-order valence-electron chi connectivity index (χ3n) is 3.54. The molecule has 1 aliphatic heterocycles. The van der Waals surface area contributed by atoms with E-state index >= 15 is 0 Å². The van der Waals surface area contributed by atoms with Crippen LogP contribution in [0.5, 0.6) is 0 Å². The molecule has 102 valence electrons. The first-order chi connectivity index (χ1) is 7.31. The number of halogens is 2. The van der Waals surface area contributed by atoms with Crippen LogP contribution in [0.4, 0.5) is 0 Å². The molecule has 2 atom stereocenters. The topological polar surface area (TPSA) is 6.48 Å². The lowest BCUT2D eigenvalue weighted by Gasteiger charge is -2.45. The van der Waals surface area contributed by atoms with E-state index in [4.69, 9.17) is 0 Å². The molecule has 0 spiro atoms. The molecule has 0 aromatic rings. The highest BCUT2D eigenvalue weighted by atomic mass is 79.9. The molecule has 0 saturated carbocycles. The van der Waals surface area contributed by atoms with Crippen molar-refractivity contribution in [3.63, 3.8) is 0 Å². The van der Waals surface area contributed by atoms with Crippen molar-refractivity contribution >= 4 is 36.2 Å². The molecule has 0 amide bonds. The van der Waals surface area contributed by atoms with Gasteiger partial charge in [-0.05, 0) is 55.4 Å². The Hall–Kier alpha value is 1.10. The Morgan fingerprint density at radius 1 is 0.765 bits per heavy atom. The van der Waals surface area contributed by atoms with Crippen LogP contribution in [0.1, 0.15) is 55.4 Å². The van der Waals surface area contributed by atoms with E-state index in [-0.39, 0.29) is 11.1 Å². The van der Waals surface area contributed by atoms with E-state index in [0.29, 0.717) is 12.1 Å². The van der Waals surface area contributed by atoms with Crippen LogP contribution in [-0.2, 0) is 0 Å². The van der Waals surface area contributed by atoms with E-state index < -0.39 is 5.64 Å². The molecule has 0 N–H and O–H groups in total. The molecule has 0 aromatic carbocycles. The third-order valence-corrected chi connectivity index (χ3v) is 11.4. The second-order valence-corrected chi connectivity index (χ2v) is 18.9. The van der Waals surface area contributed by atoms with Crippen molar-refractivity contribution in [2.24, 2.45) is 0 Å². The number of hydrogen-bond acceptors (Lipinski definition) is 2. The zero-order valence-corrected chi connectivity index (χ0v) is 16.5. The minimum atomic E-state index is -1.90. The first-order valence-electron chi connectivity index (χ1n) is 6.28. The number of nitrogens with zero attached hydrogens (tertiary/aromatic N) is 2. The monoisotopic (exact) mass is 384 g/mol. The second kappa shape index (κ2) is 4.58. The minimum Gasteiger partial charge on any atom is -0.286 e. The fraction of sp³-hybridized carbons (Fsp3) is 1.00. The van der Waals surface area contributed by atoms with Crippen molar-refractivity contribution < 1.29 is 0 Å². The predicted molar refractivity (Wildman–Crippen MR) is 85.7 cm³/mol. The van der Waals surface area contributed by atoms with Gasteiger partial charge in [0.05, 0.1) is 0 Å². The summed E-state index contributed by atoms with van der Waals surface area (Å²) in [7, 11) is 0. The normalized spacial score (nSPS) is 32.1. The highest BCUT2D eigenvalue weighted by Gasteiger charge is 2.60. The summed E-state index contributed by atoms with van der Waals surface area (Å²) >= 11 is 8.07. The molecular weight excluding hydrogens is 360 g/mol. The van der Waals surface area contributed by atoms with Gasteiger partial charge in [-0.1, -0.05) is 30.6 Å². The zero-order chi connectivity index (χ0) is 13.8. The van der Waals surface area contributed by atoms with Crippen LogP contribution in [0.3, 0.4) is 0 Å². The summed E-state index contributed by atoms with van der Waals surface area (Å²) < 4.78 is 5.27. The van der Waals surface area contributed by atoms with Crippen LogP contribution >= 0.6 is 30.6 Å². The molecule has 1 saturated heterocycles. The van der Waals surface area contributed by atoms with Crippen LogP contribution in [0, 0.1) is 0 Å². The molecule has 1 rings (SSSR count). The Labute approximate surface area is 123 Å². The largest absolute Gasteiger partial charge is 0.355 e. The van der Waals surface area contributed by atoms with Gasteiger partial charge in [-0.15, -0.1) is 0 Å². The third kappa shape index (κ3) is 2.83. The number of hydrogen-bond donors (Lipinski definition) is 0. The minimum absolute atomic E-state index is 0.174. The van der Waals surface area contributed by atoms with Crippen molar-refractivity contribution in [1.29, 1.82) is 0 Å². The van der Waals surface area contributed by atoms with Crippen LogP contribution < -0.4 is 0 Å². The maximum Gasteiger partial charge on any atom is 0.355 e. The van der Waals surface area contributed by atoms with Crippen LogP contribution in [0.2, 0.25) is 0 Å². The molecule has 2 nitrogen and oxygen atoms in total. The summed E-state index contributed by atoms with van der Waals surface area (Å²) in [6.45, 7) is 18.5. The average Bonchev–Trinajstić information content (AvgIpc) is 2.13. The lowest BCUT2D eigenvalue weighted by molar-refractivity contribution is 0.172. The molecule has 17 heavy (non-hydrogen) atoms. The van der Waals surface area contributed by atoms with Gasteiger partial charge in [0.15, 0.2) is 0 Å². The summed E-state index contributed by atoms with van der Waals surface area (Å²) in [5.41, 5.74) is -1.56. The summed E-state index contributed by atoms with van der Waals surface area (Å²) in [5, 5.41) is 0. The first-order valence-corrected chi connectivity index (χ1v) is 12.7. The Kier molecular flexibility index (Phi) is 4.35.